The van der Waals surface area contributed by atoms with E-state index in [4.69, 9.17) is 4.74 Å². The molecule has 3 aromatic rings. The number of ether oxygens (including phenoxy) is 2. The molecule has 13 heteroatoms. The van der Waals surface area contributed by atoms with Gasteiger partial charge in [-0.1, -0.05) is 0 Å². The van der Waals surface area contributed by atoms with Crippen LogP contribution in [-0.2, 0) is 19.5 Å². The molecule has 178 valence electrons. The zero-order valence-electron chi connectivity index (χ0n) is 17.9. The fraction of sp³-hybridized carbons (Fsp3) is 0.381. The molecule has 0 fully saturated rings. The number of halogens is 3. The SMILES string of the molecule is CC1(CN2CCc3nc(-c4ccc(OC(F)(F)F)cc4)ncc3C2)Cn2cc([N+](=O)[O-])nc2O1. The van der Waals surface area contributed by atoms with Crippen LogP contribution in [0.15, 0.2) is 36.7 Å². The molecular formula is C21H19F3N6O4. The smallest absolute Gasteiger partial charge is 0.436 e. The van der Waals surface area contributed by atoms with E-state index < -0.39 is 16.9 Å². The molecule has 2 aliphatic heterocycles. The normalized spacial score (nSPS) is 19.9. The van der Waals surface area contributed by atoms with Crippen LogP contribution in [0.4, 0.5) is 19.0 Å². The zero-order chi connectivity index (χ0) is 24.1. The Bertz CT molecular complexity index is 1220. The number of hydrogen-bond acceptors (Lipinski definition) is 8. The first-order valence-electron chi connectivity index (χ1n) is 10.4. The minimum absolute atomic E-state index is 0.237. The van der Waals surface area contributed by atoms with Gasteiger partial charge in [0.25, 0.3) is 0 Å². The summed E-state index contributed by atoms with van der Waals surface area (Å²) in [5.41, 5.74) is 1.87. The Hall–Kier alpha value is -3.74. The van der Waals surface area contributed by atoms with Crippen molar-refractivity contribution in [3.63, 3.8) is 0 Å². The van der Waals surface area contributed by atoms with E-state index in [-0.39, 0.29) is 17.6 Å². The van der Waals surface area contributed by atoms with Crippen LogP contribution >= 0.6 is 0 Å². The van der Waals surface area contributed by atoms with Crippen molar-refractivity contribution in [2.45, 2.75) is 38.4 Å². The molecule has 5 rings (SSSR count). The lowest BCUT2D eigenvalue weighted by atomic mass is 10.0. The molecule has 2 aliphatic rings. The van der Waals surface area contributed by atoms with Crippen molar-refractivity contribution in [2.75, 3.05) is 13.1 Å². The number of rotatable bonds is 5. The molecule has 10 nitrogen and oxygen atoms in total. The zero-order valence-corrected chi connectivity index (χ0v) is 17.9. The van der Waals surface area contributed by atoms with Gasteiger partial charge in [-0.25, -0.2) is 9.97 Å². The van der Waals surface area contributed by atoms with Crippen molar-refractivity contribution in [2.24, 2.45) is 0 Å². The van der Waals surface area contributed by atoms with Crippen LogP contribution in [0.3, 0.4) is 0 Å². The van der Waals surface area contributed by atoms with Crippen molar-refractivity contribution in [1.82, 2.24) is 24.4 Å². The Morgan fingerprint density at radius 3 is 2.71 bits per heavy atom. The van der Waals surface area contributed by atoms with E-state index in [1.54, 1.807) is 10.8 Å². The second kappa shape index (κ2) is 7.94. The molecule has 4 heterocycles. The highest BCUT2D eigenvalue weighted by Crippen LogP contribution is 2.33. The maximum atomic E-state index is 12.3. The summed E-state index contributed by atoms with van der Waals surface area (Å²) in [5, 5.41) is 10.9. The highest BCUT2D eigenvalue weighted by molar-refractivity contribution is 5.56. The Balaban J connectivity index is 1.24. The number of hydrogen-bond donors (Lipinski definition) is 0. The van der Waals surface area contributed by atoms with Crippen LogP contribution in [0.25, 0.3) is 11.4 Å². The number of benzene rings is 1. The van der Waals surface area contributed by atoms with E-state index >= 15 is 0 Å². The van der Waals surface area contributed by atoms with Gasteiger partial charge in [-0.3, -0.25) is 9.47 Å². The van der Waals surface area contributed by atoms with Gasteiger partial charge in [-0.05, 0) is 36.1 Å². The first-order valence-corrected chi connectivity index (χ1v) is 10.4. The van der Waals surface area contributed by atoms with Gasteiger partial charge < -0.3 is 19.6 Å². The van der Waals surface area contributed by atoms with E-state index in [0.717, 1.165) is 17.8 Å². The van der Waals surface area contributed by atoms with Gasteiger partial charge in [0, 0.05) is 48.4 Å². The number of nitro groups is 1. The summed E-state index contributed by atoms with van der Waals surface area (Å²) in [4.78, 5) is 25.5. The van der Waals surface area contributed by atoms with Crippen molar-refractivity contribution in [3.8, 4) is 23.1 Å². The fourth-order valence-electron chi connectivity index (χ4n) is 4.29. The van der Waals surface area contributed by atoms with Crippen LogP contribution < -0.4 is 9.47 Å². The predicted octanol–water partition coefficient (Wildman–Crippen LogP) is 3.36. The molecule has 1 unspecified atom stereocenters. The highest BCUT2D eigenvalue weighted by atomic mass is 19.4. The third-order valence-electron chi connectivity index (χ3n) is 5.67. The lowest BCUT2D eigenvalue weighted by molar-refractivity contribution is -0.389. The fourth-order valence-corrected chi connectivity index (χ4v) is 4.29. The van der Waals surface area contributed by atoms with Crippen LogP contribution in [0, 0.1) is 10.1 Å². The van der Waals surface area contributed by atoms with Crippen LogP contribution in [0.2, 0.25) is 0 Å². The van der Waals surface area contributed by atoms with Gasteiger partial charge in [0.2, 0.25) is 0 Å². The van der Waals surface area contributed by atoms with Crippen molar-refractivity contribution in [1.29, 1.82) is 0 Å². The molecular weight excluding hydrogens is 457 g/mol. The largest absolute Gasteiger partial charge is 0.573 e. The first-order chi connectivity index (χ1) is 16.1. The molecule has 0 N–H and O–H groups in total. The van der Waals surface area contributed by atoms with E-state index in [1.165, 1.54) is 30.5 Å². The molecule has 34 heavy (non-hydrogen) atoms. The van der Waals surface area contributed by atoms with E-state index in [2.05, 4.69) is 24.6 Å². The molecule has 0 spiro atoms. The Morgan fingerprint density at radius 2 is 2.03 bits per heavy atom. The minimum atomic E-state index is -4.74. The van der Waals surface area contributed by atoms with Crippen molar-refractivity contribution < 1.29 is 27.6 Å². The average Bonchev–Trinajstić information content (AvgIpc) is 3.28. The van der Waals surface area contributed by atoms with Crippen LogP contribution in [0.5, 0.6) is 11.8 Å². The first kappa shape index (κ1) is 22.1. The van der Waals surface area contributed by atoms with Crippen molar-refractivity contribution >= 4 is 5.82 Å². The molecule has 2 aromatic heterocycles. The highest BCUT2D eigenvalue weighted by Gasteiger charge is 2.42. The summed E-state index contributed by atoms with van der Waals surface area (Å²) in [7, 11) is 0. The molecule has 0 radical (unpaired) electrons. The third-order valence-corrected chi connectivity index (χ3v) is 5.67. The van der Waals surface area contributed by atoms with Gasteiger partial charge in [0.1, 0.15) is 17.5 Å². The second-order valence-corrected chi connectivity index (χ2v) is 8.52. The van der Waals surface area contributed by atoms with Crippen LogP contribution in [-0.4, -0.2) is 54.4 Å². The number of aromatic nitrogens is 4. The Kier molecular flexibility index (Phi) is 5.15. The van der Waals surface area contributed by atoms with Crippen molar-refractivity contribution in [3.05, 3.63) is 58.0 Å². The summed E-state index contributed by atoms with van der Waals surface area (Å²) < 4.78 is 48.5. The molecule has 0 saturated carbocycles. The van der Waals surface area contributed by atoms with Gasteiger partial charge in [0.15, 0.2) is 5.82 Å². The second-order valence-electron chi connectivity index (χ2n) is 8.52. The van der Waals surface area contributed by atoms with Crippen LogP contribution in [0.1, 0.15) is 18.2 Å². The quantitative estimate of drug-likeness (QED) is 0.408. The molecule has 1 atom stereocenters. The molecule has 1 aromatic carbocycles. The number of alkyl halides is 3. The minimum Gasteiger partial charge on any atom is -0.436 e. The standard InChI is InChI=1S/C21H19F3N6O4/c1-20(12-29-10-17(30(31)32)27-19(29)34-20)11-28-7-6-16-14(9-28)8-25-18(26-16)13-2-4-15(5-3-13)33-21(22,23)24/h2-5,8,10H,6-7,9,11-12H2,1H3. The summed E-state index contributed by atoms with van der Waals surface area (Å²) >= 11 is 0. The number of nitrogens with zero attached hydrogens (tertiary/aromatic N) is 6. The third kappa shape index (κ3) is 4.51. The molecule has 0 amide bonds. The topological polar surface area (TPSA) is 108 Å². The monoisotopic (exact) mass is 476 g/mol. The number of imidazole rings is 1. The lowest BCUT2D eigenvalue weighted by Crippen LogP contribution is -2.46. The Labute approximate surface area is 191 Å². The maximum absolute atomic E-state index is 12.3. The van der Waals surface area contributed by atoms with Gasteiger partial charge in [-0.2, -0.15) is 0 Å². The lowest BCUT2D eigenvalue weighted by Gasteiger charge is -2.33. The van der Waals surface area contributed by atoms with Gasteiger partial charge in [0.05, 0.1) is 12.2 Å². The van der Waals surface area contributed by atoms with E-state index in [9.17, 15) is 23.3 Å². The number of fused-ring (bicyclic) bond motifs is 2. The predicted molar refractivity (Wildman–Crippen MR) is 111 cm³/mol. The Morgan fingerprint density at radius 1 is 1.26 bits per heavy atom. The molecule has 0 bridgehead atoms. The maximum Gasteiger partial charge on any atom is 0.573 e. The average molecular weight is 476 g/mol. The molecule has 0 aliphatic carbocycles. The summed E-state index contributed by atoms with van der Waals surface area (Å²) in [6.07, 6.45) is -0.958. The summed E-state index contributed by atoms with van der Waals surface area (Å²) in [6.45, 7) is 4.31. The van der Waals surface area contributed by atoms with Gasteiger partial charge in [-0.15, -0.1) is 13.2 Å². The van der Waals surface area contributed by atoms with Gasteiger partial charge >= 0.3 is 18.2 Å². The van der Waals surface area contributed by atoms with E-state index in [1.807, 2.05) is 6.92 Å². The summed E-state index contributed by atoms with van der Waals surface area (Å²) in [5.74, 6) is -0.104. The summed E-state index contributed by atoms with van der Waals surface area (Å²) in [6, 6.07) is 5.68. The van der Waals surface area contributed by atoms with E-state index in [0.29, 0.717) is 37.4 Å². The molecule has 0 saturated heterocycles.